The van der Waals surface area contributed by atoms with Gasteiger partial charge in [-0.15, -0.1) is 0 Å². The smallest absolute Gasteiger partial charge is 0.309 e. The maximum absolute atomic E-state index is 10.8. The zero-order chi connectivity index (χ0) is 14.5. The summed E-state index contributed by atoms with van der Waals surface area (Å²) in [4.78, 5) is 13.2. The number of hydrogen-bond acceptors (Lipinski definition) is 1. The summed E-state index contributed by atoms with van der Waals surface area (Å²) >= 11 is 0. The Morgan fingerprint density at radius 3 is 3.15 bits per heavy atom. The fourth-order valence-electron chi connectivity index (χ4n) is 0.996. The number of aromatic amines is 1. The van der Waals surface area contributed by atoms with Crippen molar-refractivity contribution in [3.05, 3.63) is 35.9 Å². The fourth-order valence-corrected chi connectivity index (χ4v) is 0.996. The molecule has 0 aliphatic heterocycles. The van der Waals surface area contributed by atoms with Crippen molar-refractivity contribution >= 4 is 16.9 Å². The van der Waals surface area contributed by atoms with Crippen molar-refractivity contribution in [3.63, 3.8) is 0 Å². The van der Waals surface area contributed by atoms with Gasteiger partial charge in [0, 0.05) is 12.6 Å². The summed E-state index contributed by atoms with van der Waals surface area (Å²) in [6.45, 7) is 0. The molecule has 3 nitrogen and oxygen atoms in total. The zero-order valence-corrected chi connectivity index (χ0v) is 6.43. The minimum Gasteiger partial charge on any atom is -0.481 e. The van der Waals surface area contributed by atoms with Gasteiger partial charge in [-0.2, -0.15) is 0 Å². The van der Waals surface area contributed by atoms with Gasteiger partial charge in [-0.1, -0.05) is 18.1 Å². The molecule has 1 aromatic heterocycles. The molecule has 1 heterocycles. The highest BCUT2D eigenvalue weighted by molar-refractivity contribution is 5.82. The molecule has 66 valence electrons. The van der Waals surface area contributed by atoms with Crippen molar-refractivity contribution in [2.75, 3.05) is 0 Å². The molecule has 2 rings (SSSR count). The first-order valence-electron chi connectivity index (χ1n) is 6.58. The van der Waals surface area contributed by atoms with Gasteiger partial charge in [-0.05, 0) is 17.5 Å². The van der Waals surface area contributed by atoms with Crippen molar-refractivity contribution in [3.8, 4) is 0 Å². The highest BCUT2D eigenvalue weighted by Crippen LogP contribution is 2.14. The van der Waals surface area contributed by atoms with Gasteiger partial charge in [0.2, 0.25) is 0 Å². The normalized spacial score (nSPS) is 19.4. The number of nitrogens with one attached hydrogen (secondary N) is 1. The number of benzene rings is 1. The van der Waals surface area contributed by atoms with Crippen molar-refractivity contribution in [1.82, 2.24) is 4.98 Å². The van der Waals surface area contributed by atoms with Gasteiger partial charge in [-0.25, -0.2) is 0 Å². The highest BCUT2D eigenvalue weighted by atomic mass is 16.4. The standard InChI is InChI=1S/C10H9NO2/c12-10(13)6-8-5-7-3-1-2-4-9(7)11-8/h1-5,11H,6H2,(H,12,13)/i1D,2D,3D,4D,5D,6D. The first kappa shape index (κ1) is 3.54. The average Bonchev–Trinajstić information content (AvgIpc) is 2.70. The van der Waals surface area contributed by atoms with Crippen molar-refractivity contribution in [1.29, 1.82) is 0 Å². The third kappa shape index (κ3) is 1.54. The lowest BCUT2D eigenvalue weighted by atomic mass is 10.2. The number of para-hydroxylation sites is 1. The van der Waals surface area contributed by atoms with E-state index in [0.29, 0.717) is 0 Å². The van der Waals surface area contributed by atoms with E-state index < -0.39 is 30.5 Å². The van der Waals surface area contributed by atoms with E-state index in [9.17, 15) is 4.79 Å². The first-order valence-corrected chi connectivity index (χ1v) is 3.51. The molecule has 0 saturated carbocycles. The second-order valence-corrected chi connectivity index (χ2v) is 2.40. The third-order valence-corrected chi connectivity index (χ3v) is 1.47. The fraction of sp³-hybridized carbons (Fsp3) is 0.100. The van der Waals surface area contributed by atoms with Crippen LogP contribution >= 0.6 is 0 Å². The minimum absolute atomic E-state index is 0.0514. The van der Waals surface area contributed by atoms with Crippen molar-refractivity contribution in [2.24, 2.45) is 0 Å². The maximum Gasteiger partial charge on any atom is 0.309 e. The van der Waals surface area contributed by atoms with Gasteiger partial charge < -0.3 is 10.1 Å². The van der Waals surface area contributed by atoms with E-state index in [2.05, 4.69) is 4.98 Å². The molecular weight excluding hydrogens is 166 g/mol. The van der Waals surface area contributed by atoms with Gasteiger partial charge in [0.05, 0.1) is 13.3 Å². The Kier molecular flexibility index (Phi) is 0.799. The summed E-state index contributed by atoms with van der Waals surface area (Å²) < 4.78 is 45.6. The second-order valence-electron chi connectivity index (χ2n) is 2.40. The Balaban J connectivity index is 2.88. The Morgan fingerprint density at radius 1 is 1.62 bits per heavy atom. The predicted octanol–water partition coefficient (Wildman–Crippen LogP) is 1.79. The van der Waals surface area contributed by atoms with Crippen LogP contribution in [0.15, 0.2) is 30.2 Å². The molecule has 2 aromatic rings. The summed E-state index contributed by atoms with van der Waals surface area (Å²) in [6, 6.07) is -2.14. The molecule has 1 aromatic carbocycles. The van der Waals surface area contributed by atoms with E-state index in [1.165, 1.54) is 0 Å². The molecule has 0 fully saturated rings. The van der Waals surface area contributed by atoms with Gasteiger partial charge in [0.25, 0.3) is 0 Å². The van der Waals surface area contributed by atoms with Crippen LogP contribution in [-0.4, -0.2) is 16.1 Å². The van der Waals surface area contributed by atoms with Crippen LogP contribution in [-0.2, 0) is 11.2 Å². The van der Waals surface area contributed by atoms with Gasteiger partial charge in [0.1, 0.15) is 0 Å². The van der Waals surface area contributed by atoms with E-state index >= 15 is 0 Å². The number of rotatable bonds is 2. The lowest BCUT2D eigenvalue weighted by Crippen LogP contribution is -1.99. The molecule has 0 amide bonds. The Labute approximate surface area is 83.4 Å². The van der Waals surface area contributed by atoms with Gasteiger partial charge in [0.15, 0.2) is 0 Å². The van der Waals surface area contributed by atoms with E-state index in [0.717, 1.165) is 0 Å². The maximum atomic E-state index is 10.8. The molecular formula is C10H9NO2. The van der Waals surface area contributed by atoms with Gasteiger partial charge in [-0.3, -0.25) is 4.79 Å². The lowest BCUT2D eigenvalue weighted by Gasteiger charge is -1.88. The lowest BCUT2D eigenvalue weighted by molar-refractivity contribution is -0.136. The van der Waals surface area contributed by atoms with E-state index in [-0.39, 0.29) is 28.7 Å². The van der Waals surface area contributed by atoms with Crippen LogP contribution in [0.2, 0.25) is 0 Å². The third-order valence-electron chi connectivity index (χ3n) is 1.47. The molecule has 0 aliphatic carbocycles. The molecule has 2 N–H and O–H groups in total. The topological polar surface area (TPSA) is 53.1 Å². The monoisotopic (exact) mass is 181 g/mol. The summed E-state index contributed by atoms with van der Waals surface area (Å²) in [6.07, 6.45) is -1.73. The van der Waals surface area contributed by atoms with Crippen LogP contribution in [0, 0.1) is 0 Å². The van der Waals surface area contributed by atoms with Crippen molar-refractivity contribution in [2.45, 2.75) is 6.40 Å². The number of aromatic nitrogens is 1. The number of H-pyrrole nitrogens is 1. The largest absolute Gasteiger partial charge is 0.481 e. The van der Waals surface area contributed by atoms with Crippen LogP contribution in [0.3, 0.4) is 0 Å². The van der Waals surface area contributed by atoms with Crippen LogP contribution in [0.4, 0.5) is 0 Å². The summed E-state index contributed by atoms with van der Waals surface area (Å²) in [7, 11) is 0. The molecule has 0 spiro atoms. The highest BCUT2D eigenvalue weighted by Gasteiger charge is 2.03. The van der Waals surface area contributed by atoms with E-state index in [1.807, 2.05) is 0 Å². The number of carboxylic acids is 1. The number of carboxylic acid groups (broad SMARTS) is 1. The number of aliphatic carboxylic acids is 1. The zero-order valence-electron chi connectivity index (χ0n) is 12.4. The molecule has 1 unspecified atom stereocenters. The molecule has 13 heavy (non-hydrogen) atoms. The first-order chi connectivity index (χ1) is 8.77. The SMILES string of the molecule is [2H]c1c([2H])c([2H])c2c([2H])c(C([2H])C(=O)O)[nH]c2c1[2H]. The predicted molar refractivity (Wildman–Crippen MR) is 49.6 cm³/mol. The molecule has 0 aliphatic rings. The average molecular weight is 181 g/mol. The van der Waals surface area contributed by atoms with Crippen LogP contribution in [0.1, 0.15) is 13.9 Å². The second kappa shape index (κ2) is 2.94. The minimum atomic E-state index is -1.73. The molecule has 1 atom stereocenters. The van der Waals surface area contributed by atoms with Crippen LogP contribution in [0.25, 0.3) is 10.9 Å². The molecule has 0 radical (unpaired) electrons. The number of carbonyl (C=O) groups is 1. The summed E-state index contributed by atoms with van der Waals surface area (Å²) in [5.74, 6) is -1.46. The molecule has 0 bridgehead atoms. The number of fused-ring (bicyclic) bond motifs is 1. The van der Waals surface area contributed by atoms with Crippen LogP contribution < -0.4 is 0 Å². The Hall–Kier alpha value is -1.77. The van der Waals surface area contributed by atoms with Gasteiger partial charge >= 0.3 is 5.97 Å². The van der Waals surface area contributed by atoms with Crippen molar-refractivity contribution < 1.29 is 18.1 Å². The Bertz CT molecular complexity index is 695. The molecule has 0 saturated heterocycles. The Morgan fingerprint density at radius 2 is 2.38 bits per heavy atom. The van der Waals surface area contributed by atoms with Crippen LogP contribution in [0.5, 0.6) is 0 Å². The van der Waals surface area contributed by atoms with E-state index in [4.69, 9.17) is 13.3 Å². The number of hydrogen-bond donors (Lipinski definition) is 2. The summed E-state index contributed by atoms with van der Waals surface area (Å²) in [5.41, 5.74) is -0.306. The van der Waals surface area contributed by atoms with E-state index in [1.54, 1.807) is 0 Å². The molecule has 3 heteroatoms. The summed E-state index contributed by atoms with van der Waals surface area (Å²) in [5, 5.41) is 8.68. The quantitative estimate of drug-likeness (QED) is 0.742.